The van der Waals surface area contributed by atoms with Gasteiger partial charge in [-0.15, -0.1) is 0 Å². The van der Waals surface area contributed by atoms with Crippen molar-refractivity contribution < 1.29 is 9.47 Å². The molecule has 0 saturated heterocycles. The van der Waals surface area contributed by atoms with E-state index in [9.17, 15) is 0 Å². The van der Waals surface area contributed by atoms with Crippen molar-refractivity contribution in [1.29, 1.82) is 0 Å². The number of rotatable bonds is 4. The van der Waals surface area contributed by atoms with Crippen molar-refractivity contribution in [3.05, 3.63) is 22.7 Å². The van der Waals surface area contributed by atoms with Crippen LogP contribution < -0.4 is 14.8 Å². The van der Waals surface area contributed by atoms with Crippen molar-refractivity contribution in [2.45, 2.75) is 44.7 Å². The molecular formula is C14H18ClNO2. The van der Waals surface area contributed by atoms with Crippen molar-refractivity contribution >= 4 is 11.6 Å². The maximum absolute atomic E-state index is 6.17. The Hall–Kier alpha value is -0.930. The highest BCUT2D eigenvalue weighted by Crippen LogP contribution is 2.40. The lowest BCUT2D eigenvalue weighted by Crippen LogP contribution is -2.49. The van der Waals surface area contributed by atoms with E-state index in [1.165, 1.54) is 25.7 Å². The molecule has 0 bridgehead atoms. The summed E-state index contributed by atoms with van der Waals surface area (Å²) >= 11 is 6.17. The largest absolute Gasteiger partial charge is 0.454 e. The van der Waals surface area contributed by atoms with Crippen LogP contribution in [0.15, 0.2) is 12.1 Å². The molecule has 0 aromatic heterocycles. The summed E-state index contributed by atoms with van der Waals surface area (Å²) in [4.78, 5) is 0. The Kier molecular flexibility index (Phi) is 3.12. The van der Waals surface area contributed by atoms with Gasteiger partial charge in [-0.2, -0.15) is 0 Å². The van der Waals surface area contributed by atoms with E-state index in [1.807, 2.05) is 12.1 Å². The molecule has 1 aromatic rings. The Labute approximate surface area is 112 Å². The van der Waals surface area contributed by atoms with Crippen LogP contribution in [0.5, 0.6) is 11.5 Å². The van der Waals surface area contributed by atoms with Crippen molar-refractivity contribution in [3.8, 4) is 11.5 Å². The molecular weight excluding hydrogens is 250 g/mol. The molecule has 1 aliphatic heterocycles. The first kappa shape index (κ1) is 12.1. The zero-order chi connectivity index (χ0) is 12.6. The summed E-state index contributed by atoms with van der Waals surface area (Å²) in [6.45, 7) is 3.35. The third-order valence-corrected chi connectivity index (χ3v) is 4.42. The molecule has 2 aliphatic rings. The molecule has 0 unspecified atom stereocenters. The maximum atomic E-state index is 6.17. The molecule has 1 fully saturated rings. The predicted molar refractivity (Wildman–Crippen MR) is 71.3 cm³/mol. The van der Waals surface area contributed by atoms with E-state index >= 15 is 0 Å². The second-order valence-corrected chi connectivity index (χ2v) is 5.56. The highest BCUT2D eigenvalue weighted by atomic mass is 35.5. The van der Waals surface area contributed by atoms with Gasteiger partial charge < -0.3 is 14.8 Å². The Morgan fingerprint density at radius 3 is 2.83 bits per heavy atom. The molecule has 3 nitrogen and oxygen atoms in total. The van der Waals surface area contributed by atoms with E-state index in [4.69, 9.17) is 21.1 Å². The summed E-state index contributed by atoms with van der Waals surface area (Å²) in [6.07, 6.45) is 5.08. The van der Waals surface area contributed by atoms with Gasteiger partial charge in [0.15, 0.2) is 11.5 Å². The fraction of sp³-hybridized carbons (Fsp3) is 0.571. The average Bonchev–Trinajstić information content (AvgIpc) is 2.77. The molecule has 0 amide bonds. The molecule has 98 valence electrons. The summed E-state index contributed by atoms with van der Waals surface area (Å²) in [5, 5.41) is 4.30. The lowest BCUT2D eigenvalue weighted by molar-refractivity contribution is 0.173. The third kappa shape index (κ3) is 2.06. The third-order valence-electron chi connectivity index (χ3n) is 4.14. The quantitative estimate of drug-likeness (QED) is 0.906. The van der Waals surface area contributed by atoms with Crippen LogP contribution in [0.4, 0.5) is 0 Å². The maximum Gasteiger partial charge on any atom is 0.231 e. The minimum atomic E-state index is 0.269. The van der Waals surface area contributed by atoms with Crippen LogP contribution in [0.25, 0.3) is 0 Å². The minimum absolute atomic E-state index is 0.269. The number of halogens is 1. The zero-order valence-electron chi connectivity index (χ0n) is 10.6. The Bertz CT molecular complexity index is 452. The first-order valence-electron chi connectivity index (χ1n) is 6.55. The molecule has 3 rings (SSSR count). The predicted octanol–water partition coefficient (Wildman–Crippen LogP) is 3.49. The molecule has 0 spiro atoms. The van der Waals surface area contributed by atoms with Crippen LogP contribution in [0.1, 0.15) is 38.2 Å². The van der Waals surface area contributed by atoms with Gasteiger partial charge in [-0.3, -0.25) is 0 Å². The van der Waals surface area contributed by atoms with Gasteiger partial charge >= 0.3 is 0 Å². The molecule has 4 heteroatoms. The first-order chi connectivity index (χ1) is 8.72. The number of benzene rings is 1. The fourth-order valence-corrected chi connectivity index (χ4v) is 2.96. The highest BCUT2D eigenvalue weighted by Gasteiger charge is 2.34. The Morgan fingerprint density at radius 2 is 2.17 bits per heavy atom. The SMILES string of the molecule is CCC1(NCc2cc(Cl)c3c(c2)OCO3)CCC1. The van der Waals surface area contributed by atoms with Crippen molar-refractivity contribution in [3.63, 3.8) is 0 Å². The van der Waals surface area contributed by atoms with E-state index in [0.717, 1.165) is 17.9 Å². The van der Waals surface area contributed by atoms with Gasteiger partial charge in [-0.1, -0.05) is 18.5 Å². The summed E-state index contributed by atoms with van der Waals surface area (Å²) in [7, 11) is 0. The van der Waals surface area contributed by atoms with Crippen molar-refractivity contribution in [1.82, 2.24) is 5.32 Å². The second-order valence-electron chi connectivity index (χ2n) is 5.15. The second kappa shape index (κ2) is 4.63. The summed E-state index contributed by atoms with van der Waals surface area (Å²) in [5.41, 5.74) is 1.51. The molecule has 1 heterocycles. The standard InChI is InChI=1S/C14H18ClNO2/c1-2-14(4-3-5-14)16-8-10-6-11(15)13-12(7-10)17-9-18-13/h6-7,16H,2-5,8-9H2,1H3. The van der Waals surface area contributed by atoms with Crippen LogP contribution in [0, 0.1) is 0 Å². The number of fused-ring (bicyclic) bond motifs is 1. The van der Waals surface area contributed by atoms with E-state index < -0.39 is 0 Å². The minimum Gasteiger partial charge on any atom is -0.454 e. The first-order valence-corrected chi connectivity index (χ1v) is 6.93. The van der Waals surface area contributed by atoms with Crippen LogP contribution in [-0.4, -0.2) is 12.3 Å². The monoisotopic (exact) mass is 267 g/mol. The zero-order valence-corrected chi connectivity index (χ0v) is 11.3. The molecule has 0 radical (unpaired) electrons. The van der Waals surface area contributed by atoms with Crippen LogP contribution in [0.3, 0.4) is 0 Å². The summed E-state index contributed by atoms with van der Waals surface area (Å²) in [5.74, 6) is 1.44. The van der Waals surface area contributed by atoms with Gasteiger partial charge in [-0.05, 0) is 43.4 Å². The van der Waals surface area contributed by atoms with Gasteiger partial charge in [0.2, 0.25) is 6.79 Å². The van der Waals surface area contributed by atoms with Crippen LogP contribution in [0.2, 0.25) is 5.02 Å². The van der Waals surface area contributed by atoms with Gasteiger partial charge in [0.05, 0.1) is 5.02 Å². The van der Waals surface area contributed by atoms with Gasteiger partial charge in [0, 0.05) is 12.1 Å². The lowest BCUT2D eigenvalue weighted by Gasteiger charge is -2.42. The Balaban J connectivity index is 1.72. The van der Waals surface area contributed by atoms with Crippen molar-refractivity contribution in [2.75, 3.05) is 6.79 Å². The van der Waals surface area contributed by atoms with Crippen LogP contribution in [-0.2, 0) is 6.54 Å². The van der Waals surface area contributed by atoms with Gasteiger partial charge in [0.1, 0.15) is 0 Å². The number of hydrogen-bond acceptors (Lipinski definition) is 3. The van der Waals surface area contributed by atoms with E-state index in [2.05, 4.69) is 12.2 Å². The molecule has 1 N–H and O–H groups in total. The smallest absolute Gasteiger partial charge is 0.231 e. The lowest BCUT2D eigenvalue weighted by atomic mass is 9.75. The highest BCUT2D eigenvalue weighted by molar-refractivity contribution is 6.32. The fourth-order valence-electron chi connectivity index (χ4n) is 2.67. The van der Waals surface area contributed by atoms with Gasteiger partial charge in [-0.25, -0.2) is 0 Å². The van der Waals surface area contributed by atoms with E-state index in [1.54, 1.807) is 0 Å². The Morgan fingerprint density at radius 1 is 1.33 bits per heavy atom. The molecule has 1 aliphatic carbocycles. The van der Waals surface area contributed by atoms with E-state index in [-0.39, 0.29) is 6.79 Å². The normalized spacial score (nSPS) is 19.7. The van der Waals surface area contributed by atoms with Gasteiger partial charge in [0.25, 0.3) is 0 Å². The number of nitrogens with one attached hydrogen (secondary N) is 1. The summed E-state index contributed by atoms with van der Waals surface area (Å²) < 4.78 is 10.7. The summed E-state index contributed by atoms with van der Waals surface area (Å²) in [6, 6.07) is 3.98. The topological polar surface area (TPSA) is 30.5 Å². The average molecular weight is 268 g/mol. The number of hydrogen-bond donors (Lipinski definition) is 1. The number of ether oxygens (including phenoxy) is 2. The molecule has 0 atom stereocenters. The van der Waals surface area contributed by atoms with Crippen molar-refractivity contribution in [2.24, 2.45) is 0 Å². The van der Waals surface area contributed by atoms with Crippen LogP contribution >= 0.6 is 11.6 Å². The molecule has 1 saturated carbocycles. The van der Waals surface area contributed by atoms with E-state index in [0.29, 0.717) is 16.3 Å². The molecule has 18 heavy (non-hydrogen) atoms. The molecule has 1 aromatic carbocycles.